The van der Waals surface area contributed by atoms with Crippen molar-refractivity contribution >= 4 is 23.1 Å². The van der Waals surface area contributed by atoms with Crippen LogP contribution >= 0.6 is 0 Å². The lowest BCUT2D eigenvalue weighted by Crippen LogP contribution is -2.23. The van der Waals surface area contributed by atoms with Crippen LogP contribution in [0.5, 0.6) is 0 Å². The smallest absolute Gasteiger partial charge is 0.284 e. The molecule has 0 unspecified atom stereocenters. The van der Waals surface area contributed by atoms with E-state index in [2.05, 4.69) is 32.7 Å². The minimum Gasteiger partial charge on any atom is -0.390 e. The molecule has 3 heterocycles. The SMILES string of the molecule is CCC1CCC(n2cc(NC(=O)c3cnn4ccc(NCCC(C)(C)O)nc34)c(C(F)F)n2)CC1. The third-order valence-electron chi connectivity index (χ3n) is 6.64. The Morgan fingerprint density at radius 1 is 1.29 bits per heavy atom. The van der Waals surface area contributed by atoms with Crippen molar-refractivity contribution in [3.05, 3.63) is 35.9 Å². The summed E-state index contributed by atoms with van der Waals surface area (Å²) in [5.74, 6) is 0.602. The number of fused-ring (bicyclic) bond motifs is 1. The van der Waals surface area contributed by atoms with Crippen molar-refractivity contribution in [3.63, 3.8) is 0 Å². The molecule has 11 heteroatoms. The molecule has 0 aromatic carbocycles. The Bertz CT molecular complexity index is 1160. The van der Waals surface area contributed by atoms with Gasteiger partial charge in [-0.1, -0.05) is 13.3 Å². The predicted molar refractivity (Wildman–Crippen MR) is 129 cm³/mol. The van der Waals surface area contributed by atoms with Crippen LogP contribution in [0.15, 0.2) is 24.7 Å². The van der Waals surface area contributed by atoms with E-state index in [-0.39, 0.29) is 17.3 Å². The van der Waals surface area contributed by atoms with Crippen molar-refractivity contribution in [2.45, 2.75) is 77.4 Å². The van der Waals surface area contributed by atoms with Crippen LogP contribution < -0.4 is 10.6 Å². The molecule has 0 bridgehead atoms. The largest absolute Gasteiger partial charge is 0.390 e. The lowest BCUT2D eigenvalue weighted by Gasteiger charge is -2.27. The highest BCUT2D eigenvalue weighted by Crippen LogP contribution is 2.35. The number of alkyl halides is 2. The minimum absolute atomic E-state index is 0.00132. The first kappa shape index (κ1) is 25.0. The van der Waals surface area contributed by atoms with Crippen LogP contribution in [0.3, 0.4) is 0 Å². The fraction of sp³-hybridized carbons (Fsp3) is 0.583. The third kappa shape index (κ3) is 5.95. The van der Waals surface area contributed by atoms with Crippen molar-refractivity contribution in [3.8, 4) is 0 Å². The molecule has 0 spiro atoms. The second-order valence-corrected chi connectivity index (χ2v) is 9.87. The second-order valence-electron chi connectivity index (χ2n) is 9.87. The van der Waals surface area contributed by atoms with Gasteiger partial charge < -0.3 is 15.7 Å². The summed E-state index contributed by atoms with van der Waals surface area (Å²) in [7, 11) is 0. The number of halogens is 2. The van der Waals surface area contributed by atoms with Gasteiger partial charge in [-0.25, -0.2) is 18.3 Å². The zero-order valence-corrected chi connectivity index (χ0v) is 20.3. The molecule has 190 valence electrons. The van der Waals surface area contributed by atoms with Crippen LogP contribution in [0.1, 0.15) is 87.8 Å². The lowest BCUT2D eigenvalue weighted by molar-refractivity contribution is 0.0748. The number of anilines is 2. The molecule has 3 N–H and O–H groups in total. The number of nitrogens with zero attached hydrogens (tertiary/aromatic N) is 5. The number of aromatic nitrogens is 5. The second kappa shape index (κ2) is 10.3. The van der Waals surface area contributed by atoms with E-state index in [1.54, 1.807) is 30.8 Å². The normalized spacial score (nSPS) is 18.8. The number of carbonyl (C=O) groups excluding carboxylic acids is 1. The van der Waals surface area contributed by atoms with Gasteiger partial charge in [-0.3, -0.25) is 9.48 Å². The van der Waals surface area contributed by atoms with Crippen molar-refractivity contribution in [1.29, 1.82) is 0 Å². The predicted octanol–water partition coefficient (Wildman–Crippen LogP) is 4.83. The van der Waals surface area contributed by atoms with E-state index in [0.29, 0.717) is 30.3 Å². The van der Waals surface area contributed by atoms with Crippen molar-refractivity contribution in [2.24, 2.45) is 5.92 Å². The van der Waals surface area contributed by atoms with E-state index in [9.17, 15) is 18.7 Å². The van der Waals surface area contributed by atoms with Crippen LogP contribution in [0.25, 0.3) is 5.65 Å². The monoisotopic (exact) mass is 489 g/mol. The van der Waals surface area contributed by atoms with Gasteiger partial charge in [0, 0.05) is 18.9 Å². The summed E-state index contributed by atoms with van der Waals surface area (Å²) in [4.78, 5) is 17.5. The molecule has 9 nitrogen and oxygen atoms in total. The van der Waals surface area contributed by atoms with Gasteiger partial charge >= 0.3 is 0 Å². The Labute approximate surface area is 202 Å². The van der Waals surface area contributed by atoms with E-state index >= 15 is 0 Å². The summed E-state index contributed by atoms with van der Waals surface area (Å²) in [6.07, 6.45) is 7.21. The van der Waals surface area contributed by atoms with E-state index in [4.69, 9.17) is 0 Å². The molecular formula is C24H33F2N7O2. The zero-order valence-electron chi connectivity index (χ0n) is 20.3. The van der Waals surface area contributed by atoms with Gasteiger partial charge in [-0.2, -0.15) is 10.2 Å². The summed E-state index contributed by atoms with van der Waals surface area (Å²) in [6, 6.07) is 1.76. The van der Waals surface area contributed by atoms with Crippen LogP contribution in [-0.4, -0.2) is 47.5 Å². The van der Waals surface area contributed by atoms with E-state index in [1.807, 2.05) is 0 Å². The molecule has 1 aliphatic rings. The molecule has 1 saturated carbocycles. The highest BCUT2D eigenvalue weighted by atomic mass is 19.3. The van der Waals surface area contributed by atoms with Gasteiger partial charge in [0.2, 0.25) is 0 Å². The van der Waals surface area contributed by atoms with E-state index in [1.165, 1.54) is 16.9 Å². The molecular weight excluding hydrogens is 456 g/mol. The summed E-state index contributed by atoms with van der Waals surface area (Å²) in [6.45, 7) is 6.10. The maximum Gasteiger partial charge on any atom is 0.284 e. The van der Waals surface area contributed by atoms with Gasteiger partial charge in [0.25, 0.3) is 12.3 Å². The number of hydrogen-bond acceptors (Lipinski definition) is 6. The lowest BCUT2D eigenvalue weighted by atomic mass is 9.85. The van der Waals surface area contributed by atoms with Gasteiger partial charge in [-0.05, 0) is 57.9 Å². The average Bonchev–Trinajstić information content (AvgIpc) is 3.42. The fourth-order valence-electron chi connectivity index (χ4n) is 4.48. The van der Waals surface area contributed by atoms with Gasteiger partial charge in [0.15, 0.2) is 11.3 Å². The molecule has 3 aromatic rings. The van der Waals surface area contributed by atoms with Crippen molar-refractivity contribution in [2.75, 3.05) is 17.2 Å². The van der Waals surface area contributed by atoms with Crippen LogP contribution in [0, 0.1) is 5.92 Å². The van der Waals surface area contributed by atoms with Gasteiger partial charge in [-0.15, -0.1) is 0 Å². The number of carbonyl (C=O) groups is 1. The maximum absolute atomic E-state index is 13.7. The Hall–Kier alpha value is -3.08. The summed E-state index contributed by atoms with van der Waals surface area (Å²) >= 11 is 0. The topological polar surface area (TPSA) is 109 Å². The molecule has 0 radical (unpaired) electrons. The first-order valence-corrected chi connectivity index (χ1v) is 12.1. The Morgan fingerprint density at radius 3 is 2.69 bits per heavy atom. The Balaban J connectivity index is 1.51. The molecule has 1 amide bonds. The zero-order chi connectivity index (χ0) is 25.2. The maximum atomic E-state index is 13.7. The first-order chi connectivity index (χ1) is 16.6. The summed E-state index contributed by atoms with van der Waals surface area (Å²) < 4.78 is 30.5. The Morgan fingerprint density at radius 2 is 2.03 bits per heavy atom. The molecule has 3 aromatic heterocycles. The highest BCUT2D eigenvalue weighted by Gasteiger charge is 2.27. The van der Waals surface area contributed by atoms with Crippen molar-refractivity contribution < 1.29 is 18.7 Å². The molecule has 1 fully saturated rings. The van der Waals surface area contributed by atoms with E-state index in [0.717, 1.165) is 32.1 Å². The van der Waals surface area contributed by atoms with Crippen LogP contribution in [-0.2, 0) is 0 Å². The number of aliphatic hydroxyl groups is 1. The van der Waals surface area contributed by atoms with E-state index < -0.39 is 23.6 Å². The molecule has 0 atom stereocenters. The number of nitrogens with one attached hydrogen (secondary N) is 2. The molecule has 0 saturated heterocycles. The average molecular weight is 490 g/mol. The number of hydrogen-bond donors (Lipinski definition) is 3. The van der Waals surface area contributed by atoms with Crippen LogP contribution in [0.2, 0.25) is 0 Å². The number of amides is 1. The Kier molecular flexibility index (Phi) is 7.34. The first-order valence-electron chi connectivity index (χ1n) is 12.1. The molecule has 0 aliphatic heterocycles. The molecule has 35 heavy (non-hydrogen) atoms. The standard InChI is InChI=1S/C24H33F2N7O2/c1-4-15-5-7-16(8-6-15)33-14-18(20(31-33)21(25)26)29-23(34)17-13-28-32-12-9-19(30-22(17)32)27-11-10-24(2,3)35/h9,12-16,21,35H,4-8,10-11H2,1-3H3,(H,27,30)(H,29,34). The third-order valence-corrected chi connectivity index (χ3v) is 6.64. The minimum atomic E-state index is -2.81. The van der Waals surface area contributed by atoms with Crippen LogP contribution in [0.4, 0.5) is 20.3 Å². The summed E-state index contributed by atoms with van der Waals surface area (Å²) in [5.41, 5.74) is -0.802. The van der Waals surface area contributed by atoms with Gasteiger partial charge in [0.05, 0.1) is 23.5 Å². The quantitative estimate of drug-likeness (QED) is 0.397. The van der Waals surface area contributed by atoms with Gasteiger partial charge in [0.1, 0.15) is 11.4 Å². The molecule has 1 aliphatic carbocycles. The number of rotatable bonds is 9. The fourth-order valence-corrected chi connectivity index (χ4v) is 4.48. The van der Waals surface area contributed by atoms with Crippen molar-refractivity contribution in [1.82, 2.24) is 24.4 Å². The summed E-state index contributed by atoms with van der Waals surface area (Å²) in [5, 5.41) is 23.9. The molecule has 4 rings (SSSR count). The highest BCUT2D eigenvalue weighted by molar-refractivity contribution is 6.08.